The van der Waals surface area contributed by atoms with Crippen molar-refractivity contribution >= 4 is 11.3 Å². The van der Waals surface area contributed by atoms with Crippen molar-refractivity contribution in [2.45, 2.75) is 57.6 Å². The van der Waals surface area contributed by atoms with Crippen LogP contribution in [0.1, 0.15) is 54.6 Å². The van der Waals surface area contributed by atoms with Crippen LogP contribution in [0.15, 0.2) is 0 Å². The van der Waals surface area contributed by atoms with Gasteiger partial charge in [-0.15, -0.1) is 11.3 Å². The molecule has 0 amide bonds. The third-order valence-electron chi connectivity index (χ3n) is 4.50. The minimum absolute atomic E-state index is 0.159. The van der Waals surface area contributed by atoms with E-state index in [0.29, 0.717) is 0 Å². The number of nitrogens with two attached hydrogens (primary N) is 1. The lowest BCUT2D eigenvalue weighted by atomic mass is 9.76. The van der Waals surface area contributed by atoms with E-state index in [4.69, 9.17) is 15.5 Å². The predicted octanol–water partition coefficient (Wildman–Crippen LogP) is 2.97. The maximum absolute atomic E-state index is 6.62. The first-order chi connectivity index (χ1) is 8.71. The van der Waals surface area contributed by atoms with Crippen LogP contribution >= 0.6 is 11.3 Å². The summed E-state index contributed by atoms with van der Waals surface area (Å²) in [6, 6.07) is 0. The molecule has 2 N–H and O–H groups in total. The molecule has 2 heterocycles. The van der Waals surface area contributed by atoms with Crippen LogP contribution in [-0.2, 0) is 23.3 Å². The van der Waals surface area contributed by atoms with Crippen LogP contribution in [0.2, 0.25) is 0 Å². The van der Waals surface area contributed by atoms with Gasteiger partial charge in [-0.05, 0) is 31.6 Å². The molecule has 18 heavy (non-hydrogen) atoms. The summed E-state index contributed by atoms with van der Waals surface area (Å²) in [5, 5.41) is 1.16. The highest BCUT2D eigenvalue weighted by atomic mass is 32.1. The van der Waals surface area contributed by atoms with Crippen LogP contribution < -0.4 is 5.73 Å². The molecule has 1 aliphatic heterocycles. The zero-order valence-electron chi connectivity index (χ0n) is 11.1. The number of hydrogen-bond acceptors (Lipinski definition) is 4. The van der Waals surface area contributed by atoms with Gasteiger partial charge in [-0.3, -0.25) is 0 Å². The average molecular weight is 266 g/mol. The molecule has 1 aromatic rings. The van der Waals surface area contributed by atoms with Crippen LogP contribution in [0.4, 0.5) is 0 Å². The molecule has 3 rings (SSSR count). The van der Waals surface area contributed by atoms with Gasteiger partial charge in [-0.2, -0.15) is 0 Å². The first-order valence-corrected chi connectivity index (χ1v) is 7.88. The Hall–Kier alpha value is -0.450. The van der Waals surface area contributed by atoms with Gasteiger partial charge in [0.2, 0.25) is 0 Å². The summed E-state index contributed by atoms with van der Waals surface area (Å²) >= 11 is 1.79. The normalized spacial score (nSPS) is 32.2. The lowest BCUT2D eigenvalue weighted by molar-refractivity contribution is 0.112. The summed E-state index contributed by atoms with van der Waals surface area (Å²) in [7, 11) is 0. The van der Waals surface area contributed by atoms with Gasteiger partial charge in [0, 0.05) is 6.42 Å². The maximum atomic E-state index is 6.62. The van der Waals surface area contributed by atoms with Gasteiger partial charge in [0.1, 0.15) is 5.01 Å². The second-order valence-electron chi connectivity index (χ2n) is 5.70. The van der Waals surface area contributed by atoms with E-state index in [-0.39, 0.29) is 5.54 Å². The van der Waals surface area contributed by atoms with Crippen molar-refractivity contribution in [1.82, 2.24) is 4.98 Å². The van der Waals surface area contributed by atoms with E-state index in [0.717, 1.165) is 43.4 Å². The van der Waals surface area contributed by atoms with Crippen LogP contribution in [0.25, 0.3) is 0 Å². The summed E-state index contributed by atoms with van der Waals surface area (Å²) in [4.78, 5) is 6.11. The Morgan fingerprint density at radius 3 is 2.89 bits per heavy atom. The predicted molar refractivity (Wildman–Crippen MR) is 73.6 cm³/mol. The number of fused-ring (bicyclic) bond motifs is 1. The van der Waals surface area contributed by atoms with Crippen LogP contribution in [0.3, 0.4) is 0 Å². The number of ether oxygens (including phenoxy) is 1. The highest BCUT2D eigenvalue weighted by molar-refractivity contribution is 7.11. The fourth-order valence-corrected chi connectivity index (χ4v) is 4.26. The molecular weight excluding hydrogens is 244 g/mol. The van der Waals surface area contributed by atoms with E-state index >= 15 is 0 Å². The van der Waals surface area contributed by atoms with Crippen molar-refractivity contribution in [3.63, 3.8) is 0 Å². The first-order valence-electron chi connectivity index (χ1n) is 7.07. The molecule has 0 unspecified atom stereocenters. The molecule has 0 aromatic carbocycles. The molecule has 1 fully saturated rings. The maximum Gasteiger partial charge on any atom is 0.113 e. The Balaban J connectivity index is 1.79. The van der Waals surface area contributed by atoms with Crippen molar-refractivity contribution in [3.8, 4) is 0 Å². The van der Waals surface area contributed by atoms with Crippen molar-refractivity contribution in [2.75, 3.05) is 6.61 Å². The molecule has 100 valence electrons. The van der Waals surface area contributed by atoms with Crippen molar-refractivity contribution in [1.29, 1.82) is 0 Å². The first kappa shape index (κ1) is 12.6. The topological polar surface area (TPSA) is 48.1 Å². The quantitative estimate of drug-likeness (QED) is 0.895. The lowest BCUT2D eigenvalue weighted by Gasteiger charge is -2.35. The molecule has 0 saturated heterocycles. The Morgan fingerprint density at radius 2 is 2.22 bits per heavy atom. The molecule has 0 atom stereocenters. The molecule has 1 aliphatic carbocycles. The highest BCUT2D eigenvalue weighted by Crippen LogP contribution is 2.41. The van der Waals surface area contributed by atoms with E-state index in [9.17, 15) is 0 Å². The van der Waals surface area contributed by atoms with Crippen molar-refractivity contribution in [3.05, 3.63) is 15.6 Å². The second kappa shape index (κ2) is 4.91. The van der Waals surface area contributed by atoms with Gasteiger partial charge in [0.15, 0.2) is 0 Å². The SMILES string of the molecule is CCC1CCC(N)(c2nc3c(s2)COCC3)CC1. The average Bonchev–Trinajstić information content (AvgIpc) is 2.84. The van der Waals surface area contributed by atoms with Gasteiger partial charge in [-0.25, -0.2) is 4.98 Å². The minimum Gasteiger partial charge on any atom is -0.375 e. The summed E-state index contributed by atoms with van der Waals surface area (Å²) in [6.07, 6.45) is 6.96. The zero-order chi connectivity index (χ0) is 12.6. The van der Waals surface area contributed by atoms with Gasteiger partial charge in [-0.1, -0.05) is 13.3 Å². The van der Waals surface area contributed by atoms with E-state index in [1.54, 1.807) is 11.3 Å². The monoisotopic (exact) mass is 266 g/mol. The Bertz CT molecular complexity index is 398. The van der Waals surface area contributed by atoms with E-state index in [2.05, 4.69) is 6.92 Å². The van der Waals surface area contributed by atoms with E-state index < -0.39 is 0 Å². The molecule has 0 spiro atoms. The Morgan fingerprint density at radius 1 is 1.44 bits per heavy atom. The standard InChI is InChI=1S/C14H22N2OS/c1-2-10-3-6-14(15,7-4-10)13-16-11-5-8-17-9-12(11)18-13/h10H,2-9,15H2,1H3. The molecule has 4 heteroatoms. The number of thiazole rings is 1. The van der Waals surface area contributed by atoms with Crippen LogP contribution in [0, 0.1) is 5.92 Å². The summed E-state index contributed by atoms with van der Waals surface area (Å²) in [6.45, 7) is 3.83. The van der Waals surface area contributed by atoms with Crippen molar-refractivity contribution in [2.24, 2.45) is 11.7 Å². The van der Waals surface area contributed by atoms with Gasteiger partial charge < -0.3 is 10.5 Å². The van der Waals surface area contributed by atoms with E-state index in [1.165, 1.54) is 29.8 Å². The summed E-state index contributed by atoms with van der Waals surface area (Å²) in [5.74, 6) is 0.875. The number of aromatic nitrogens is 1. The molecule has 1 saturated carbocycles. The second-order valence-corrected chi connectivity index (χ2v) is 6.78. The Kier molecular flexibility index (Phi) is 3.43. The molecule has 3 nitrogen and oxygen atoms in total. The molecular formula is C14H22N2OS. The fourth-order valence-electron chi connectivity index (χ4n) is 3.05. The van der Waals surface area contributed by atoms with Crippen LogP contribution in [-0.4, -0.2) is 11.6 Å². The number of hydrogen-bond donors (Lipinski definition) is 1. The zero-order valence-corrected chi connectivity index (χ0v) is 11.9. The van der Waals surface area contributed by atoms with Gasteiger partial charge in [0.25, 0.3) is 0 Å². The Labute approximate surface area is 113 Å². The lowest BCUT2D eigenvalue weighted by Crippen LogP contribution is -2.40. The molecule has 2 aliphatic rings. The van der Waals surface area contributed by atoms with Gasteiger partial charge >= 0.3 is 0 Å². The van der Waals surface area contributed by atoms with Crippen LogP contribution in [0.5, 0.6) is 0 Å². The smallest absolute Gasteiger partial charge is 0.113 e. The molecule has 0 bridgehead atoms. The van der Waals surface area contributed by atoms with Gasteiger partial charge in [0.05, 0.1) is 29.3 Å². The summed E-state index contributed by atoms with van der Waals surface area (Å²) in [5.41, 5.74) is 7.70. The molecule has 1 aromatic heterocycles. The largest absolute Gasteiger partial charge is 0.375 e. The number of rotatable bonds is 2. The molecule has 0 radical (unpaired) electrons. The number of nitrogens with zero attached hydrogens (tertiary/aromatic N) is 1. The third kappa shape index (κ3) is 2.22. The highest BCUT2D eigenvalue weighted by Gasteiger charge is 2.36. The fraction of sp³-hybridized carbons (Fsp3) is 0.786. The van der Waals surface area contributed by atoms with Crippen molar-refractivity contribution < 1.29 is 4.74 Å². The van der Waals surface area contributed by atoms with E-state index in [1.807, 2.05) is 0 Å². The summed E-state index contributed by atoms with van der Waals surface area (Å²) < 4.78 is 5.49. The third-order valence-corrected chi connectivity index (χ3v) is 5.79. The minimum atomic E-state index is -0.159.